The predicted octanol–water partition coefficient (Wildman–Crippen LogP) is 2.80. The van der Waals surface area contributed by atoms with Crippen LogP contribution >= 0.6 is 0 Å². The molecule has 0 heterocycles. The number of hydrogen-bond acceptors (Lipinski definition) is 4. The van der Waals surface area contributed by atoms with Crippen LogP contribution in [0.15, 0.2) is 24.3 Å². The lowest BCUT2D eigenvalue weighted by Gasteiger charge is -2.13. The minimum Gasteiger partial charge on any atom is -0.458 e. The van der Waals surface area contributed by atoms with Gasteiger partial charge in [0, 0.05) is 17.5 Å². The van der Waals surface area contributed by atoms with E-state index in [9.17, 15) is 28.1 Å². The molecule has 0 aliphatic carbocycles. The van der Waals surface area contributed by atoms with Crippen molar-refractivity contribution < 1.29 is 27.6 Å². The third-order valence-corrected chi connectivity index (χ3v) is 2.36. The highest BCUT2D eigenvalue weighted by Crippen LogP contribution is 2.27. The number of benzene rings is 1. The van der Waals surface area contributed by atoms with Crippen LogP contribution in [0, 0.1) is 10.1 Å². The Morgan fingerprint density at radius 1 is 1.42 bits per heavy atom. The van der Waals surface area contributed by atoms with Gasteiger partial charge in [-0.2, -0.15) is 13.2 Å². The van der Waals surface area contributed by atoms with E-state index in [1.54, 1.807) is 0 Å². The number of nitro benzene ring substituents is 1. The fraction of sp³-hybridized carbons (Fsp3) is 0.364. The van der Waals surface area contributed by atoms with E-state index in [0.717, 1.165) is 0 Å². The molecule has 104 valence electrons. The summed E-state index contributed by atoms with van der Waals surface area (Å²) in [6, 6.07) is 5.60. The van der Waals surface area contributed by atoms with Gasteiger partial charge < -0.3 is 4.74 Å². The van der Waals surface area contributed by atoms with Gasteiger partial charge in [-0.3, -0.25) is 10.1 Å². The largest absolute Gasteiger partial charge is 0.490 e. The quantitative estimate of drug-likeness (QED) is 0.482. The van der Waals surface area contributed by atoms with E-state index in [2.05, 4.69) is 4.74 Å². The maximum Gasteiger partial charge on any atom is 0.490 e. The number of carbonyl (C=O) groups excluding carboxylic acids is 1. The standard InChI is InChI=1S/C11H10F3NO4/c1-7(6-19-10(16)11(12,13)14)8-4-2-3-5-9(8)15(17)18/h2-5,7H,6H2,1H3. The molecule has 1 atom stereocenters. The van der Waals surface area contributed by atoms with E-state index in [1.165, 1.54) is 31.2 Å². The van der Waals surface area contributed by atoms with Crippen molar-refractivity contribution in [1.82, 2.24) is 0 Å². The molecule has 0 saturated heterocycles. The van der Waals surface area contributed by atoms with Gasteiger partial charge in [-0.25, -0.2) is 4.79 Å². The summed E-state index contributed by atoms with van der Waals surface area (Å²) in [5, 5.41) is 10.7. The van der Waals surface area contributed by atoms with Gasteiger partial charge in [0.2, 0.25) is 0 Å². The van der Waals surface area contributed by atoms with Crippen molar-refractivity contribution in [2.75, 3.05) is 6.61 Å². The molecule has 0 aliphatic rings. The van der Waals surface area contributed by atoms with Gasteiger partial charge in [0.1, 0.15) is 0 Å². The molecule has 1 aromatic rings. The normalized spacial score (nSPS) is 12.8. The molecule has 0 spiro atoms. The second-order valence-corrected chi connectivity index (χ2v) is 3.81. The molecular weight excluding hydrogens is 267 g/mol. The maximum absolute atomic E-state index is 11.9. The van der Waals surface area contributed by atoms with Crippen molar-refractivity contribution in [3.05, 3.63) is 39.9 Å². The number of para-hydroxylation sites is 1. The van der Waals surface area contributed by atoms with E-state index < -0.39 is 29.6 Å². The molecule has 1 rings (SSSR count). The number of halogens is 3. The number of hydrogen-bond donors (Lipinski definition) is 0. The van der Waals surface area contributed by atoms with Crippen LogP contribution in [0.1, 0.15) is 18.4 Å². The highest BCUT2D eigenvalue weighted by Gasteiger charge is 2.41. The smallest absolute Gasteiger partial charge is 0.458 e. The Bertz CT molecular complexity index is 487. The Morgan fingerprint density at radius 2 is 2.00 bits per heavy atom. The fourth-order valence-corrected chi connectivity index (χ4v) is 1.44. The number of nitro groups is 1. The molecule has 19 heavy (non-hydrogen) atoms. The third-order valence-electron chi connectivity index (χ3n) is 2.36. The maximum atomic E-state index is 11.9. The molecule has 1 aromatic carbocycles. The molecule has 5 nitrogen and oxygen atoms in total. The molecule has 0 aromatic heterocycles. The van der Waals surface area contributed by atoms with Crippen molar-refractivity contribution in [3.8, 4) is 0 Å². The van der Waals surface area contributed by atoms with Gasteiger partial charge in [-0.1, -0.05) is 25.1 Å². The summed E-state index contributed by atoms with van der Waals surface area (Å²) in [5.74, 6) is -3.02. The number of nitrogens with zero attached hydrogens (tertiary/aromatic N) is 1. The third kappa shape index (κ3) is 3.94. The van der Waals surface area contributed by atoms with E-state index in [1.807, 2.05) is 0 Å². The summed E-state index contributed by atoms with van der Waals surface area (Å²) in [7, 11) is 0. The van der Waals surface area contributed by atoms with Crippen LogP contribution in [-0.2, 0) is 9.53 Å². The zero-order valence-electron chi connectivity index (χ0n) is 9.81. The Labute approximate surface area is 106 Å². The minimum absolute atomic E-state index is 0.211. The van der Waals surface area contributed by atoms with Crippen LogP contribution in [0.2, 0.25) is 0 Å². The first-order valence-electron chi connectivity index (χ1n) is 5.20. The summed E-state index contributed by atoms with van der Waals surface area (Å²) in [5.41, 5.74) is -0.0134. The van der Waals surface area contributed by atoms with Crippen LogP contribution in [-0.4, -0.2) is 23.7 Å². The second kappa shape index (κ2) is 5.68. The molecule has 1 unspecified atom stereocenters. The van der Waals surface area contributed by atoms with E-state index >= 15 is 0 Å². The van der Waals surface area contributed by atoms with Crippen LogP contribution in [0.5, 0.6) is 0 Å². The highest BCUT2D eigenvalue weighted by atomic mass is 19.4. The molecule has 0 radical (unpaired) electrons. The number of ether oxygens (including phenoxy) is 1. The van der Waals surface area contributed by atoms with E-state index in [4.69, 9.17) is 0 Å². The second-order valence-electron chi connectivity index (χ2n) is 3.81. The first kappa shape index (κ1) is 14.9. The summed E-state index contributed by atoms with van der Waals surface area (Å²) in [4.78, 5) is 20.6. The number of esters is 1. The molecule has 0 bridgehead atoms. The van der Waals surface area contributed by atoms with Crippen molar-refractivity contribution >= 4 is 11.7 Å². The molecule has 0 N–H and O–H groups in total. The Morgan fingerprint density at radius 3 is 2.53 bits per heavy atom. The Kier molecular flexibility index (Phi) is 4.47. The van der Waals surface area contributed by atoms with Crippen LogP contribution in [0.3, 0.4) is 0 Å². The molecule has 0 saturated carbocycles. The lowest BCUT2D eigenvalue weighted by molar-refractivity contribution is -0.385. The van der Waals surface area contributed by atoms with Crippen molar-refractivity contribution in [3.63, 3.8) is 0 Å². The van der Waals surface area contributed by atoms with Gasteiger partial charge in [0.05, 0.1) is 11.5 Å². The van der Waals surface area contributed by atoms with Crippen LogP contribution in [0.25, 0.3) is 0 Å². The zero-order valence-corrected chi connectivity index (χ0v) is 9.81. The highest BCUT2D eigenvalue weighted by molar-refractivity contribution is 5.75. The van der Waals surface area contributed by atoms with Gasteiger partial charge in [-0.05, 0) is 0 Å². The zero-order chi connectivity index (χ0) is 14.6. The van der Waals surface area contributed by atoms with Crippen LogP contribution < -0.4 is 0 Å². The van der Waals surface area contributed by atoms with Gasteiger partial charge in [-0.15, -0.1) is 0 Å². The van der Waals surface area contributed by atoms with E-state index in [0.29, 0.717) is 0 Å². The Balaban J connectivity index is 2.77. The monoisotopic (exact) mass is 277 g/mol. The molecule has 0 amide bonds. The number of carbonyl (C=O) groups is 1. The first-order chi connectivity index (χ1) is 8.73. The average molecular weight is 277 g/mol. The fourth-order valence-electron chi connectivity index (χ4n) is 1.44. The molecule has 0 fully saturated rings. The predicted molar refractivity (Wildman–Crippen MR) is 58.5 cm³/mol. The lowest BCUT2D eigenvalue weighted by Crippen LogP contribution is -2.26. The summed E-state index contributed by atoms with van der Waals surface area (Å²) < 4.78 is 39.9. The molecule has 0 aliphatic heterocycles. The van der Waals surface area contributed by atoms with Crippen LogP contribution in [0.4, 0.5) is 18.9 Å². The molecular formula is C11H10F3NO4. The van der Waals surface area contributed by atoms with Gasteiger partial charge in [0.15, 0.2) is 0 Å². The summed E-state index contributed by atoms with van der Waals surface area (Å²) >= 11 is 0. The first-order valence-corrected chi connectivity index (χ1v) is 5.20. The van der Waals surface area contributed by atoms with Gasteiger partial charge in [0.25, 0.3) is 5.69 Å². The van der Waals surface area contributed by atoms with Gasteiger partial charge >= 0.3 is 12.1 Å². The number of rotatable bonds is 4. The lowest BCUT2D eigenvalue weighted by atomic mass is 10.0. The van der Waals surface area contributed by atoms with Crippen molar-refractivity contribution in [2.45, 2.75) is 19.0 Å². The molecule has 8 heteroatoms. The van der Waals surface area contributed by atoms with Crippen molar-refractivity contribution in [2.24, 2.45) is 0 Å². The summed E-state index contributed by atoms with van der Waals surface area (Å²) in [6.07, 6.45) is -5.07. The SMILES string of the molecule is CC(COC(=O)C(F)(F)F)c1ccccc1[N+](=O)[O-]. The number of alkyl halides is 3. The van der Waals surface area contributed by atoms with E-state index in [-0.39, 0.29) is 11.3 Å². The topological polar surface area (TPSA) is 69.4 Å². The average Bonchev–Trinajstić information content (AvgIpc) is 2.34. The Hall–Kier alpha value is -2.12. The van der Waals surface area contributed by atoms with Crippen molar-refractivity contribution in [1.29, 1.82) is 0 Å². The minimum atomic E-state index is -5.07. The summed E-state index contributed by atoms with van der Waals surface area (Å²) in [6.45, 7) is 0.856.